The van der Waals surface area contributed by atoms with E-state index in [1.807, 2.05) is 20.8 Å². The number of para-hydroxylation sites is 1. The van der Waals surface area contributed by atoms with Gasteiger partial charge in [0.2, 0.25) is 23.2 Å². The Labute approximate surface area is 581 Å². The van der Waals surface area contributed by atoms with Crippen LogP contribution in [0.4, 0.5) is 39.5 Å². The highest BCUT2D eigenvalue weighted by molar-refractivity contribution is 5.85. The molecule has 30 heteroatoms. The van der Waals surface area contributed by atoms with Crippen molar-refractivity contribution in [1.29, 1.82) is 0 Å². The monoisotopic (exact) mass is 1430 g/mol. The van der Waals surface area contributed by atoms with E-state index in [0.29, 0.717) is 52.6 Å². The number of hydrogen-bond acceptors (Lipinski definition) is 20. The van der Waals surface area contributed by atoms with Gasteiger partial charge in [0.15, 0.2) is 34.5 Å². The smallest absolute Gasteiger partial charge is 0.381 e. The Balaban J connectivity index is 0.000000179. The maximum Gasteiger partial charge on any atom is 0.434 e. The fourth-order valence-corrected chi connectivity index (χ4v) is 10.3. The molecule has 6 aromatic heterocycles. The number of carbonyl (C=O) groups excluding carboxylic acids is 3. The number of halogens is 9. The second-order valence-electron chi connectivity index (χ2n) is 22.9. The van der Waals surface area contributed by atoms with E-state index >= 15 is 0 Å². The van der Waals surface area contributed by atoms with Gasteiger partial charge in [-0.2, -0.15) is 59.6 Å². The van der Waals surface area contributed by atoms with Crippen LogP contribution in [-0.4, -0.2) is 83.2 Å². The zero-order valence-electron chi connectivity index (χ0n) is 54.2. The number of unbranched alkanes of at least 4 members (excludes halogenated alkanes) is 3. The van der Waals surface area contributed by atoms with Gasteiger partial charge in [-0.05, 0) is 48.1 Å². The summed E-state index contributed by atoms with van der Waals surface area (Å²) < 4.78 is 151. The maximum absolute atomic E-state index is 13.9. The minimum absolute atomic E-state index is 0. The highest BCUT2D eigenvalue weighted by Gasteiger charge is 2.45. The van der Waals surface area contributed by atoms with Gasteiger partial charge in [-0.25, -0.2) is 4.68 Å². The lowest BCUT2D eigenvalue weighted by Crippen LogP contribution is -2.14. The largest absolute Gasteiger partial charge is 0.434 e. The number of nitrogens with zero attached hydrogens (tertiary/aromatic N) is 10. The Hall–Kier alpha value is -11.4. The van der Waals surface area contributed by atoms with E-state index in [1.165, 1.54) is 60.7 Å². The predicted molar refractivity (Wildman–Crippen MR) is 354 cm³/mol. The zero-order valence-corrected chi connectivity index (χ0v) is 54.2. The zero-order chi connectivity index (χ0) is 72.9. The second-order valence-corrected chi connectivity index (χ2v) is 22.9. The summed E-state index contributed by atoms with van der Waals surface area (Å²) in [4.78, 5) is 48.3. The summed E-state index contributed by atoms with van der Waals surface area (Å²) in [5, 5.41) is 53.0. The number of ketones is 3. The van der Waals surface area contributed by atoms with Crippen LogP contribution in [0, 0.1) is 0 Å². The first-order valence-electron chi connectivity index (χ1n) is 31.8. The molecule has 12 rings (SSSR count). The van der Waals surface area contributed by atoms with Crippen molar-refractivity contribution in [2.45, 2.75) is 123 Å². The van der Waals surface area contributed by atoms with E-state index in [4.69, 9.17) is 22.6 Å². The molecule has 0 spiro atoms. The molecule has 6 aromatic carbocycles. The lowest BCUT2D eigenvalue weighted by Gasteiger charge is -2.11. The van der Waals surface area contributed by atoms with Gasteiger partial charge in [-0.3, -0.25) is 14.4 Å². The first-order chi connectivity index (χ1) is 48.9. The number of aliphatic hydroxyl groups is 3. The molecule has 12 aromatic rings. The average Bonchev–Trinajstić information content (AvgIpc) is 1.64. The van der Waals surface area contributed by atoms with Crippen molar-refractivity contribution in [2.75, 3.05) is 0 Å². The molecule has 0 aliphatic heterocycles. The molecule has 0 aliphatic rings. The highest BCUT2D eigenvalue weighted by Crippen LogP contribution is 2.46. The molecule has 0 saturated heterocycles. The lowest BCUT2D eigenvalue weighted by atomic mass is 10.0. The fraction of sp³-hybridized carbons (Fsp3) is 0.260. The van der Waals surface area contributed by atoms with Crippen LogP contribution >= 0.6 is 0 Å². The van der Waals surface area contributed by atoms with Crippen molar-refractivity contribution < 1.29 is 91.8 Å². The molecule has 0 aliphatic carbocycles. The summed E-state index contributed by atoms with van der Waals surface area (Å²) in [6.07, 6.45) is -11.6. The Morgan fingerprint density at radius 2 is 0.767 bits per heavy atom. The molecule has 0 amide bonds. The van der Waals surface area contributed by atoms with Crippen LogP contribution in [0.5, 0.6) is 0 Å². The Bertz CT molecular complexity index is 4270. The molecule has 3 atom stereocenters. The van der Waals surface area contributed by atoms with Gasteiger partial charge in [-0.1, -0.05) is 225 Å². The minimum atomic E-state index is -4.78. The van der Waals surface area contributed by atoms with Crippen molar-refractivity contribution in [3.05, 3.63) is 203 Å². The molecule has 3 N–H and O–H groups in total. The maximum atomic E-state index is 13.9. The fourth-order valence-electron chi connectivity index (χ4n) is 10.3. The number of aliphatic hydroxyl groups excluding tert-OH is 3. The lowest BCUT2D eigenvalue weighted by molar-refractivity contribution is -0.142. The number of hydrogen-bond donors (Lipinski definition) is 3. The van der Waals surface area contributed by atoms with Gasteiger partial charge in [0.05, 0.1) is 17.4 Å². The number of Topliss-reactive ketones (excluding diaryl/α,β-unsaturated/α-hetero) is 3. The van der Waals surface area contributed by atoms with Gasteiger partial charge in [0.25, 0.3) is 17.7 Å². The van der Waals surface area contributed by atoms with Crippen LogP contribution in [0.2, 0.25) is 0 Å². The number of carbonyl (C=O) groups is 3. The molecule has 3 unspecified atom stereocenters. The van der Waals surface area contributed by atoms with Crippen LogP contribution in [-0.2, 0) is 32.9 Å². The first kappa shape index (κ1) is 75.8. The van der Waals surface area contributed by atoms with Crippen LogP contribution in [0.15, 0.2) is 193 Å². The van der Waals surface area contributed by atoms with E-state index in [-0.39, 0.29) is 95.5 Å². The molecule has 0 fully saturated rings. The molecular weight excluding hydrogens is 1360 g/mol. The molecule has 0 radical (unpaired) electrons. The molecule has 0 bridgehead atoms. The summed E-state index contributed by atoms with van der Waals surface area (Å²) in [6.45, 7) is 5.86. The average molecular weight is 1430 g/mol. The van der Waals surface area contributed by atoms with E-state index in [1.54, 1.807) is 103 Å². The standard InChI is InChI=1S/C24H21F3N4O3.2C24H20F3N3O4.CH4/c1-2-3-9-19(32)20(33)15-10-12-16(13-11-15)22-29-23(34-30-22)18-14-28-31(21(18)24(25,26)27)17-7-5-4-6-8-17;1-2-3-9-17(31)20(32)14-10-12-16(13-11-14)22-28-23(34-30-22)19-18(24(25,26)27)21(33-29-19)15-7-5-4-6-8-15;1-2-3-9-17(31)20(32)15-10-12-16(13-11-15)22-28-23(34-30-22)21-18(24(25,26)27)19(29-33-21)14-7-5-4-6-8-14;/h4-8,10-14,20,33H,2-3,9H2,1H3;2*4-8,10-13,20,32H,2-3,9H2,1H3;1H4. The third kappa shape index (κ3) is 18.0. The Kier molecular flexibility index (Phi) is 24.6. The second kappa shape index (κ2) is 33.4. The topological polar surface area (TPSA) is 299 Å². The van der Waals surface area contributed by atoms with Crippen LogP contribution in [0.1, 0.15) is 138 Å². The van der Waals surface area contributed by atoms with E-state index in [2.05, 4.69) is 45.8 Å². The van der Waals surface area contributed by atoms with Crippen molar-refractivity contribution in [2.24, 2.45) is 0 Å². The van der Waals surface area contributed by atoms with Crippen molar-refractivity contribution in [3.63, 3.8) is 0 Å². The molecule has 21 nitrogen and oxygen atoms in total. The van der Waals surface area contributed by atoms with E-state index < -0.39 is 82.7 Å². The quantitative estimate of drug-likeness (QED) is 0.0473. The van der Waals surface area contributed by atoms with E-state index in [9.17, 15) is 69.2 Å². The third-order valence-electron chi connectivity index (χ3n) is 15.7. The summed E-state index contributed by atoms with van der Waals surface area (Å²) in [5.74, 6) is -3.13. The third-order valence-corrected chi connectivity index (χ3v) is 15.7. The number of alkyl halides is 9. The van der Waals surface area contributed by atoms with Crippen molar-refractivity contribution in [3.8, 4) is 97.1 Å². The van der Waals surface area contributed by atoms with Crippen LogP contribution in [0.25, 0.3) is 97.1 Å². The molecule has 0 saturated carbocycles. The number of aromatic nitrogens is 10. The van der Waals surface area contributed by atoms with Gasteiger partial charge in [-0.15, -0.1) is 0 Å². The SMILES string of the molecule is C.CCCCC(=O)C(O)c1ccc(-c2noc(-c3cnn(-c4ccccc4)c3C(F)(F)F)n2)cc1.CCCCC(=O)C(O)c1ccc(-c2noc(-c3noc(-c4ccccc4)c3C(F)(F)F)n2)cc1.CCCCC(=O)C(O)c1ccc(-c2noc(-c3onc(-c4ccccc4)c3C(F)(F)F)n2)cc1. The highest BCUT2D eigenvalue weighted by atomic mass is 19.4. The minimum Gasteiger partial charge on any atom is -0.381 e. The summed E-state index contributed by atoms with van der Waals surface area (Å²) >= 11 is 0. The molecular formula is C73H65F9N10O11. The first-order valence-corrected chi connectivity index (χ1v) is 31.8. The van der Waals surface area contributed by atoms with Crippen molar-refractivity contribution >= 4 is 17.3 Å². The normalized spacial score (nSPS) is 12.5. The van der Waals surface area contributed by atoms with Crippen LogP contribution < -0.4 is 0 Å². The Morgan fingerprint density at radius 3 is 1.18 bits per heavy atom. The summed E-state index contributed by atoms with van der Waals surface area (Å²) in [7, 11) is 0. The number of rotatable bonds is 24. The summed E-state index contributed by atoms with van der Waals surface area (Å²) in [5.41, 5.74) is -1.41. The van der Waals surface area contributed by atoms with Crippen LogP contribution in [0.3, 0.4) is 0 Å². The summed E-state index contributed by atoms with van der Waals surface area (Å²) in [6, 6.07) is 42.1. The van der Waals surface area contributed by atoms with Gasteiger partial charge >= 0.3 is 18.5 Å². The molecule has 103 heavy (non-hydrogen) atoms. The predicted octanol–water partition coefficient (Wildman–Crippen LogP) is 17.8. The number of benzene rings is 6. The van der Waals surface area contributed by atoms with Crippen molar-refractivity contribution in [1.82, 2.24) is 50.5 Å². The van der Waals surface area contributed by atoms with E-state index in [0.717, 1.165) is 30.1 Å². The molecule has 6 heterocycles. The van der Waals surface area contributed by atoms with Gasteiger partial charge in [0.1, 0.15) is 35.1 Å². The van der Waals surface area contributed by atoms with Gasteiger partial charge in [0, 0.05) is 47.1 Å². The molecule has 536 valence electrons. The van der Waals surface area contributed by atoms with Gasteiger partial charge < -0.3 is 37.9 Å². The Morgan fingerprint density at radius 1 is 0.408 bits per heavy atom.